The second-order valence-corrected chi connectivity index (χ2v) is 5.07. The zero-order chi connectivity index (χ0) is 14.5. The molecule has 0 saturated heterocycles. The lowest BCUT2D eigenvalue weighted by molar-refractivity contribution is -0.137. The minimum Gasteiger partial charge on any atom is -0.480 e. The van der Waals surface area contributed by atoms with Crippen LogP contribution >= 0.6 is 0 Å². The highest BCUT2D eigenvalue weighted by atomic mass is 16.4. The van der Waals surface area contributed by atoms with E-state index in [1.807, 2.05) is 25.2 Å². The standard InChI is InChI=1S/C15H20N2O3/c1-16-9-8-11-4-2-3-5-13(11)15(20)17(10-14(18)19)12-6-7-12/h2-5,12,16H,6-10H2,1H3,(H,18,19). The van der Waals surface area contributed by atoms with E-state index in [4.69, 9.17) is 5.11 Å². The van der Waals surface area contributed by atoms with Crippen LogP contribution in [-0.2, 0) is 11.2 Å². The zero-order valence-electron chi connectivity index (χ0n) is 11.6. The van der Waals surface area contributed by atoms with Gasteiger partial charge >= 0.3 is 5.97 Å². The van der Waals surface area contributed by atoms with Crippen LogP contribution in [0.15, 0.2) is 24.3 Å². The number of nitrogens with zero attached hydrogens (tertiary/aromatic N) is 1. The lowest BCUT2D eigenvalue weighted by Gasteiger charge is -2.21. The Hall–Kier alpha value is -1.88. The van der Waals surface area contributed by atoms with Crippen molar-refractivity contribution in [3.8, 4) is 0 Å². The average Bonchev–Trinajstić information content (AvgIpc) is 3.26. The van der Waals surface area contributed by atoms with Crippen LogP contribution in [0.5, 0.6) is 0 Å². The molecule has 5 heteroatoms. The van der Waals surface area contributed by atoms with Crippen molar-refractivity contribution in [3.05, 3.63) is 35.4 Å². The molecular weight excluding hydrogens is 256 g/mol. The molecule has 1 aromatic rings. The second-order valence-electron chi connectivity index (χ2n) is 5.07. The number of hydrogen-bond acceptors (Lipinski definition) is 3. The molecule has 2 N–H and O–H groups in total. The Kier molecular flexibility index (Phi) is 4.74. The van der Waals surface area contributed by atoms with E-state index in [0.29, 0.717) is 5.56 Å². The molecule has 0 radical (unpaired) electrons. The molecule has 1 amide bonds. The molecule has 1 aliphatic rings. The fraction of sp³-hybridized carbons (Fsp3) is 0.467. The summed E-state index contributed by atoms with van der Waals surface area (Å²) in [6, 6.07) is 7.53. The lowest BCUT2D eigenvalue weighted by atomic mass is 10.0. The van der Waals surface area contributed by atoms with Gasteiger partial charge in [-0.05, 0) is 44.5 Å². The van der Waals surface area contributed by atoms with Gasteiger partial charge in [0.2, 0.25) is 0 Å². The highest BCUT2D eigenvalue weighted by molar-refractivity contribution is 5.97. The quantitative estimate of drug-likeness (QED) is 0.783. The third kappa shape index (κ3) is 3.57. The summed E-state index contributed by atoms with van der Waals surface area (Å²) in [4.78, 5) is 25.0. The van der Waals surface area contributed by atoms with Gasteiger partial charge in [0.25, 0.3) is 5.91 Å². The van der Waals surface area contributed by atoms with Crippen LogP contribution in [0.2, 0.25) is 0 Å². The van der Waals surface area contributed by atoms with Gasteiger partial charge in [0.1, 0.15) is 6.54 Å². The van der Waals surface area contributed by atoms with E-state index in [2.05, 4.69) is 5.32 Å². The summed E-state index contributed by atoms with van der Waals surface area (Å²) in [6.07, 6.45) is 2.55. The van der Waals surface area contributed by atoms with Crippen molar-refractivity contribution in [2.24, 2.45) is 0 Å². The molecule has 0 heterocycles. The first kappa shape index (κ1) is 14.5. The molecule has 20 heavy (non-hydrogen) atoms. The maximum Gasteiger partial charge on any atom is 0.323 e. The molecule has 1 aromatic carbocycles. The lowest BCUT2D eigenvalue weighted by Crippen LogP contribution is -2.38. The number of nitrogens with one attached hydrogen (secondary N) is 1. The summed E-state index contributed by atoms with van der Waals surface area (Å²) >= 11 is 0. The van der Waals surface area contributed by atoms with Crippen LogP contribution in [0, 0.1) is 0 Å². The Morgan fingerprint density at radius 1 is 1.35 bits per heavy atom. The molecule has 0 atom stereocenters. The normalized spacial score (nSPS) is 14.1. The van der Waals surface area contributed by atoms with E-state index < -0.39 is 5.97 Å². The Labute approximate surface area is 118 Å². The molecule has 108 valence electrons. The fourth-order valence-corrected chi connectivity index (χ4v) is 2.26. The SMILES string of the molecule is CNCCc1ccccc1C(=O)N(CC(=O)O)C1CC1. The van der Waals surface area contributed by atoms with Crippen LogP contribution in [0.1, 0.15) is 28.8 Å². The monoisotopic (exact) mass is 276 g/mol. The third-order valence-electron chi connectivity index (χ3n) is 3.45. The molecular formula is C15H20N2O3. The molecule has 2 rings (SSSR count). The molecule has 0 unspecified atom stereocenters. The Balaban J connectivity index is 2.19. The minimum absolute atomic E-state index is 0.0935. The minimum atomic E-state index is -0.960. The fourth-order valence-electron chi connectivity index (χ4n) is 2.26. The molecule has 5 nitrogen and oxygen atoms in total. The molecule has 0 aliphatic heterocycles. The van der Waals surface area contributed by atoms with Gasteiger partial charge in [0, 0.05) is 11.6 Å². The summed E-state index contributed by atoms with van der Waals surface area (Å²) in [5.41, 5.74) is 1.58. The number of carbonyl (C=O) groups is 2. The van der Waals surface area contributed by atoms with Gasteiger partial charge in [-0.3, -0.25) is 9.59 Å². The van der Waals surface area contributed by atoms with Gasteiger partial charge in [0.05, 0.1) is 0 Å². The third-order valence-corrected chi connectivity index (χ3v) is 3.45. The van der Waals surface area contributed by atoms with Crippen molar-refractivity contribution in [3.63, 3.8) is 0 Å². The van der Waals surface area contributed by atoms with Gasteiger partial charge in [-0.25, -0.2) is 0 Å². The largest absolute Gasteiger partial charge is 0.480 e. The van der Waals surface area contributed by atoms with Gasteiger partial charge in [-0.2, -0.15) is 0 Å². The van der Waals surface area contributed by atoms with Gasteiger partial charge in [0.15, 0.2) is 0 Å². The smallest absolute Gasteiger partial charge is 0.323 e. The number of rotatable bonds is 7. The van der Waals surface area contributed by atoms with Gasteiger partial charge in [-0.15, -0.1) is 0 Å². The first-order chi connectivity index (χ1) is 9.63. The van der Waals surface area contributed by atoms with E-state index in [0.717, 1.165) is 31.4 Å². The molecule has 0 aromatic heterocycles. The first-order valence-electron chi connectivity index (χ1n) is 6.88. The van der Waals surface area contributed by atoms with Crippen molar-refractivity contribution >= 4 is 11.9 Å². The van der Waals surface area contributed by atoms with E-state index in [-0.39, 0.29) is 18.5 Å². The summed E-state index contributed by atoms with van der Waals surface area (Å²) in [6.45, 7) is 0.566. The van der Waals surface area contributed by atoms with Crippen molar-refractivity contribution < 1.29 is 14.7 Å². The highest BCUT2D eigenvalue weighted by Gasteiger charge is 2.34. The average molecular weight is 276 g/mol. The maximum atomic E-state index is 12.6. The van der Waals surface area contributed by atoms with Crippen molar-refractivity contribution in [1.82, 2.24) is 10.2 Å². The maximum absolute atomic E-state index is 12.6. The second kappa shape index (κ2) is 6.52. The zero-order valence-corrected chi connectivity index (χ0v) is 11.6. The molecule has 0 spiro atoms. The topological polar surface area (TPSA) is 69.6 Å². The summed E-state index contributed by atoms with van der Waals surface area (Å²) in [5, 5.41) is 12.0. The van der Waals surface area contributed by atoms with E-state index >= 15 is 0 Å². The molecule has 1 fully saturated rings. The van der Waals surface area contributed by atoms with Gasteiger partial charge in [-0.1, -0.05) is 18.2 Å². The summed E-state index contributed by atoms with van der Waals surface area (Å²) in [5.74, 6) is -1.13. The number of aliphatic carboxylic acids is 1. The van der Waals surface area contributed by atoms with E-state index in [1.165, 1.54) is 4.90 Å². The van der Waals surface area contributed by atoms with Crippen molar-refractivity contribution in [2.75, 3.05) is 20.1 Å². The molecule has 1 aliphatic carbocycles. The number of hydrogen-bond donors (Lipinski definition) is 2. The number of carboxylic acids is 1. The van der Waals surface area contributed by atoms with Crippen LogP contribution in [-0.4, -0.2) is 48.1 Å². The van der Waals surface area contributed by atoms with Crippen LogP contribution in [0.3, 0.4) is 0 Å². The van der Waals surface area contributed by atoms with Crippen LogP contribution in [0.4, 0.5) is 0 Å². The Morgan fingerprint density at radius 2 is 2.05 bits per heavy atom. The Bertz CT molecular complexity index is 498. The van der Waals surface area contributed by atoms with E-state index in [9.17, 15) is 9.59 Å². The number of carbonyl (C=O) groups excluding carboxylic acids is 1. The number of likely N-dealkylation sites (N-methyl/N-ethyl adjacent to an activating group) is 1. The highest BCUT2D eigenvalue weighted by Crippen LogP contribution is 2.28. The predicted molar refractivity (Wildman–Crippen MR) is 75.8 cm³/mol. The van der Waals surface area contributed by atoms with Crippen LogP contribution < -0.4 is 5.32 Å². The predicted octanol–water partition coefficient (Wildman–Crippen LogP) is 1.14. The van der Waals surface area contributed by atoms with Gasteiger partial charge < -0.3 is 15.3 Å². The number of amides is 1. The summed E-state index contributed by atoms with van der Waals surface area (Å²) in [7, 11) is 1.87. The van der Waals surface area contributed by atoms with Crippen LogP contribution in [0.25, 0.3) is 0 Å². The first-order valence-corrected chi connectivity index (χ1v) is 6.88. The summed E-state index contributed by atoms with van der Waals surface area (Å²) < 4.78 is 0. The number of carboxylic acid groups (broad SMARTS) is 1. The van der Waals surface area contributed by atoms with Crippen molar-refractivity contribution in [2.45, 2.75) is 25.3 Å². The van der Waals surface area contributed by atoms with E-state index in [1.54, 1.807) is 6.07 Å². The molecule has 1 saturated carbocycles. The Morgan fingerprint density at radius 3 is 2.65 bits per heavy atom. The van der Waals surface area contributed by atoms with Crippen molar-refractivity contribution in [1.29, 1.82) is 0 Å². The number of benzene rings is 1. The molecule has 0 bridgehead atoms.